The van der Waals surface area contributed by atoms with Crippen LogP contribution in [-0.2, 0) is 6.54 Å². The highest BCUT2D eigenvalue weighted by molar-refractivity contribution is 7.16. The van der Waals surface area contributed by atoms with Gasteiger partial charge in [-0.25, -0.2) is 0 Å². The monoisotopic (exact) mass is 340 g/mol. The molecule has 0 bridgehead atoms. The van der Waals surface area contributed by atoms with Crippen LogP contribution in [0.4, 0.5) is 0 Å². The van der Waals surface area contributed by atoms with E-state index in [1.165, 1.54) is 11.3 Å². The minimum atomic E-state index is -0.233. The Kier molecular flexibility index (Phi) is 3.61. The summed E-state index contributed by atoms with van der Waals surface area (Å²) in [6, 6.07) is 11.3. The second-order valence-corrected chi connectivity index (χ2v) is 6.59. The average molecular weight is 340 g/mol. The Morgan fingerprint density at radius 3 is 2.62 bits per heavy atom. The van der Waals surface area contributed by atoms with E-state index in [9.17, 15) is 4.79 Å². The maximum absolute atomic E-state index is 12.4. The molecule has 4 rings (SSSR count). The van der Waals surface area contributed by atoms with Crippen LogP contribution in [0.25, 0.3) is 10.2 Å². The van der Waals surface area contributed by atoms with Crippen LogP contribution in [0, 0.1) is 6.92 Å². The zero-order chi connectivity index (χ0) is 16.7. The first kappa shape index (κ1) is 15.0. The number of carbonyl (C=O) groups is 1. The van der Waals surface area contributed by atoms with Gasteiger partial charge in [-0.2, -0.15) is 4.99 Å². The lowest BCUT2D eigenvalue weighted by atomic mass is 10.1. The van der Waals surface area contributed by atoms with Crippen molar-refractivity contribution < 1.29 is 14.3 Å². The van der Waals surface area contributed by atoms with Crippen molar-refractivity contribution in [2.75, 3.05) is 6.79 Å². The molecule has 1 aromatic heterocycles. The highest BCUT2D eigenvalue weighted by Crippen LogP contribution is 2.36. The minimum Gasteiger partial charge on any atom is -0.454 e. The lowest BCUT2D eigenvalue weighted by molar-refractivity contribution is 0.0998. The summed E-state index contributed by atoms with van der Waals surface area (Å²) >= 11 is 1.48. The number of ether oxygens (including phenoxy) is 2. The van der Waals surface area contributed by atoms with Crippen LogP contribution >= 0.6 is 11.3 Å². The number of aromatic nitrogens is 1. The van der Waals surface area contributed by atoms with E-state index in [4.69, 9.17) is 9.47 Å². The smallest absolute Gasteiger partial charge is 0.279 e. The molecule has 1 aliphatic heterocycles. The molecule has 0 N–H and O–H groups in total. The summed E-state index contributed by atoms with van der Waals surface area (Å²) in [5.41, 5.74) is 2.71. The van der Waals surface area contributed by atoms with Crippen molar-refractivity contribution in [2.45, 2.75) is 20.4 Å². The number of hydrogen-bond acceptors (Lipinski definition) is 4. The molecule has 0 radical (unpaired) electrons. The molecule has 0 spiro atoms. The predicted molar refractivity (Wildman–Crippen MR) is 92.7 cm³/mol. The summed E-state index contributed by atoms with van der Waals surface area (Å²) < 4.78 is 13.9. The van der Waals surface area contributed by atoms with Crippen LogP contribution in [0.2, 0.25) is 0 Å². The molecule has 6 heteroatoms. The van der Waals surface area contributed by atoms with Crippen LogP contribution in [0.1, 0.15) is 22.8 Å². The van der Waals surface area contributed by atoms with Gasteiger partial charge in [0.25, 0.3) is 5.91 Å². The lowest BCUT2D eigenvalue weighted by Gasteiger charge is -2.01. The molecule has 2 heterocycles. The molecule has 122 valence electrons. The molecule has 0 atom stereocenters. The topological polar surface area (TPSA) is 52.8 Å². The molecule has 0 aliphatic carbocycles. The first-order chi connectivity index (χ1) is 11.7. The van der Waals surface area contributed by atoms with E-state index in [-0.39, 0.29) is 12.7 Å². The third-order valence-corrected chi connectivity index (χ3v) is 5.03. The SMILES string of the molecule is CCn1c(=NC(=O)c2ccc(C)cc2)sc2cc3c(cc21)OCO3. The third kappa shape index (κ3) is 2.49. The van der Waals surface area contributed by atoms with Crippen molar-refractivity contribution in [3.05, 3.63) is 52.3 Å². The quantitative estimate of drug-likeness (QED) is 0.717. The molecule has 0 saturated heterocycles. The fraction of sp³-hybridized carbons (Fsp3) is 0.222. The van der Waals surface area contributed by atoms with Gasteiger partial charge in [-0.1, -0.05) is 29.0 Å². The molecule has 3 aromatic rings. The summed E-state index contributed by atoms with van der Waals surface area (Å²) in [5.74, 6) is 1.24. The van der Waals surface area contributed by atoms with Gasteiger partial charge in [-0.3, -0.25) is 4.79 Å². The first-order valence-corrected chi connectivity index (χ1v) is 8.56. The molecular weight excluding hydrogens is 324 g/mol. The average Bonchev–Trinajstić information content (AvgIpc) is 3.16. The largest absolute Gasteiger partial charge is 0.454 e. The lowest BCUT2D eigenvalue weighted by Crippen LogP contribution is -2.15. The van der Waals surface area contributed by atoms with Gasteiger partial charge in [-0.05, 0) is 26.0 Å². The van der Waals surface area contributed by atoms with Crippen molar-refractivity contribution in [3.8, 4) is 11.5 Å². The van der Waals surface area contributed by atoms with Gasteiger partial charge in [0.15, 0.2) is 16.3 Å². The van der Waals surface area contributed by atoms with Crippen molar-refractivity contribution >= 4 is 27.5 Å². The molecule has 0 unspecified atom stereocenters. The maximum atomic E-state index is 12.4. The van der Waals surface area contributed by atoms with Crippen molar-refractivity contribution in [1.29, 1.82) is 0 Å². The number of aryl methyl sites for hydroxylation is 2. The van der Waals surface area contributed by atoms with E-state index in [0.717, 1.165) is 33.8 Å². The normalized spacial score (nSPS) is 13.7. The Hall–Kier alpha value is -2.60. The van der Waals surface area contributed by atoms with E-state index in [2.05, 4.69) is 4.99 Å². The van der Waals surface area contributed by atoms with Crippen LogP contribution < -0.4 is 14.3 Å². The molecule has 0 fully saturated rings. The maximum Gasteiger partial charge on any atom is 0.279 e. The van der Waals surface area contributed by atoms with E-state index in [1.807, 2.05) is 42.7 Å². The Labute approximate surface area is 142 Å². The van der Waals surface area contributed by atoms with Gasteiger partial charge in [0.05, 0.1) is 10.2 Å². The van der Waals surface area contributed by atoms with E-state index >= 15 is 0 Å². The molecule has 2 aromatic carbocycles. The molecule has 0 saturated carbocycles. The third-order valence-electron chi connectivity index (χ3n) is 3.99. The van der Waals surface area contributed by atoms with Gasteiger partial charge in [0, 0.05) is 24.2 Å². The van der Waals surface area contributed by atoms with Crippen LogP contribution in [0.3, 0.4) is 0 Å². The Morgan fingerprint density at radius 1 is 1.21 bits per heavy atom. The van der Waals surface area contributed by atoms with Gasteiger partial charge < -0.3 is 14.0 Å². The van der Waals surface area contributed by atoms with Crippen LogP contribution in [-0.4, -0.2) is 17.3 Å². The van der Waals surface area contributed by atoms with E-state index in [1.54, 1.807) is 12.1 Å². The fourth-order valence-electron chi connectivity index (χ4n) is 2.70. The summed E-state index contributed by atoms with van der Waals surface area (Å²) in [4.78, 5) is 17.5. The Bertz CT molecular complexity index is 1000. The predicted octanol–water partition coefficient (Wildman–Crippen LogP) is 3.50. The number of thiazole rings is 1. The number of amides is 1. The molecule has 1 amide bonds. The van der Waals surface area contributed by atoms with Gasteiger partial charge in [0.1, 0.15) is 0 Å². The second kappa shape index (κ2) is 5.79. The number of carbonyl (C=O) groups excluding carboxylic acids is 1. The zero-order valence-electron chi connectivity index (χ0n) is 13.4. The van der Waals surface area contributed by atoms with Crippen LogP contribution in [0.5, 0.6) is 11.5 Å². The second-order valence-electron chi connectivity index (χ2n) is 5.59. The van der Waals surface area contributed by atoms with Crippen LogP contribution in [0.15, 0.2) is 41.4 Å². The number of hydrogen-bond donors (Lipinski definition) is 0. The molecule has 24 heavy (non-hydrogen) atoms. The van der Waals surface area contributed by atoms with Gasteiger partial charge >= 0.3 is 0 Å². The molecule has 5 nitrogen and oxygen atoms in total. The highest BCUT2D eigenvalue weighted by atomic mass is 32.1. The fourth-order valence-corrected chi connectivity index (χ4v) is 3.80. The summed E-state index contributed by atoms with van der Waals surface area (Å²) in [5, 5.41) is 0. The Morgan fingerprint density at radius 2 is 1.92 bits per heavy atom. The number of fused-ring (bicyclic) bond motifs is 2. The van der Waals surface area contributed by atoms with E-state index < -0.39 is 0 Å². The molecular formula is C18H16N2O3S. The summed E-state index contributed by atoms with van der Waals surface area (Å²) in [6.45, 7) is 5.00. The summed E-state index contributed by atoms with van der Waals surface area (Å²) in [7, 11) is 0. The standard InChI is InChI=1S/C18H16N2O3S/c1-3-20-13-8-14-15(23-10-22-14)9-16(13)24-18(20)19-17(21)12-6-4-11(2)5-7-12/h4-9H,3,10H2,1-2H3. The number of benzene rings is 2. The minimum absolute atomic E-state index is 0.233. The molecule has 1 aliphatic rings. The van der Waals surface area contributed by atoms with Crippen molar-refractivity contribution in [2.24, 2.45) is 4.99 Å². The zero-order valence-corrected chi connectivity index (χ0v) is 14.2. The summed E-state index contributed by atoms with van der Waals surface area (Å²) in [6.07, 6.45) is 0. The highest BCUT2D eigenvalue weighted by Gasteiger charge is 2.17. The van der Waals surface area contributed by atoms with E-state index in [0.29, 0.717) is 10.4 Å². The van der Waals surface area contributed by atoms with Crippen molar-refractivity contribution in [1.82, 2.24) is 4.57 Å². The first-order valence-electron chi connectivity index (χ1n) is 7.74. The Balaban J connectivity index is 1.83. The number of nitrogens with zero attached hydrogens (tertiary/aromatic N) is 2. The number of rotatable bonds is 2. The van der Waals surface area contributed by atoms with Crippen molar-refractivity contribution in [3.63, 3.8) is 0 Å². The van der Waals surface area contributed by atoms with Gasteiger partial charge in [-0.15, -0.1) is 0 Å². The van der Waals surface area contributed by atoms with Gasteiger partial charge in [0.2, 0.25) is 6.79 Å².